The lowest BCUT2D eigenvalue weighted by molar-refractivity contribution is -0.302. The van der Waals surface area contributed by atoms with Gasteiger partial charge in [-0.15, -0.1) is 0 Å². The Morgan fingerprint density at radius 1 is 0.760 bits per heavy atom. The normalized spacial score (nSPS) is 28.6. The molecule has 0 radical (unpaired) electrons. The van der Waals surface area contributed by atoms with Crippen molar-refractivity contribution in [3.05, 3.63) is 0 Å². The quantitative estimate of drug-likeness (QED) is 0.460. The van der Waals surface area contributed by atoms with Crippen molar-refractivity contribution in [2.75, 3.05) is 13.7 Å². The molecule has 25 heavy (non-hydrogen) atoms. The van der Waals surface area contributed by atoms with E-state index in [9.17, 15) is 19.2 Å². The average molecular weight is 362 g/mol. The van der Waals surface area contributed by atoms with Crippen LogP contribution in [0.5, 0.6) is 0 Å². The van der Waals surface area contributed by atoms with Gasteiger partial charge in [0, 0.05) is 34.8 Å². The summed E-state index contributed by atoms with van der Waals surface area (Å²) in [5.74, 6) is -2.63. The molecule has 0 bridgehead atoms. The highest BCUT2D eigenvalue weighted by atomic mass is 16.7. The van der Waals surface area contributed by atoms with Gasteiger partial charge < -0.3 is 28.4 Å². The number of rotatable bonds is 6. The highest BCUT2D eigenvalue weighted by Gasteiger charge is 2.52. The predicted molar refractivity (Wildman–Crippen MR) is 79.0 cm³/mol. The topological polar surface area (TPSA) is 124 Å². The monoisotopic (exact) mass is 362 g/mol. The molecule has 1 rings (SSSR count). The fourth-order valence-corrected chi connectivity index (χ4v) is 2.38. The lowest BCUT2D eigenvalue weighted by Crippen LogP contribution is -2.62. The Kier molecular flexibility index (Phi) is 7.78. The van der Waals surface area contributed by atoms with E-state index in [-0.39, 0.29) is 6.61 Å². The molecule has 0 amide bonds. The minimum atomic E-state index is -1.20. The van der Waals surface area contributed by atoms with E-state index in [1.54, 1.807) is 0 Å². The van der Waals surface area contributed by atoms with Gasteiger partial charge in [0.2, 0.25) is 0 Å². The highest BCUT2D eigenvalue weighted by Crippen LogP contribution is 2.29. The molecule has 0 N–H and O–H groups in total. The molecule has 1 saturated heterocycles. The molecule has 0 aliphatic carbocycles. The van der Waals surface area contributed by atoms with Crippen molar-refractivity contribution < 1.29 is 47.6 Å². The third-order valence-corrected chi connectivity index (χ3v) is 3.18. The van der Waals surface area contributed by atoms with Crippen LogP contribution in [0.4, 0.5) is 0 Å². The summed E-state index contributed by atoms with van der Waals surface area (Å²) in [6.45, 7) is 4.37. The zero-order valence-electron chi connectivity index (χ0n) is 14.7. The standard InChI is InChI=1S/C15H22O10/c1-7(16)21-6-11-12(22-8(2)17)13(23-9(3)18)14(24-10(4)19)15(20-5)25-11/h11-15H,6H2,1-5H3/t11-,12-,13+,14-,15-/m0/s1. The molecule has 1 aliphatic rings. The molecule has 0 aromatic rings. The Morgan fingerprint density at radius 2 is 1.24 bits per heavy atom. The summed E-state index contributed by atoms with van der Waals surface area (Å²) in [5, 5.41) is 0. The first-order chi connectivity index (χ1) is 11.6. The second-order valence-electron chi connectivity index (χ2n) is 5.30. The van der Waals surface area contributed by atoms with Crippen LogP contribution in [0.15, 0.2) is 0 Å². The lowest BCUT2D eigenvalue weighted by atomic mass is 9.98. The molecule has 0 spiro atoms. The summed E-state index contributed by atoms with van der Waals surface area (Å²) in [6, 6.07) is 0. The van der Waals surface area contributed by atoms with Gasteiger partial charge in [-0.25, -0.2) is 0 Å². The highest BCUT2D eigenvalue weighted by molar-refractivity contribution is 5.68. The molecule has 10 nitrogen and oxygen atoms in total. The second-order valence-corrected chi connectivity index (χ2v) is 5.30. The van der Waals surface area contributed by atoms with Gasteiger partial charge >= 0.3 is 23.9 Å². The minimum Gasteiger partial charge on any atom is -0.463 e. The van der Waals surface area contributed by atoms with Crippen molar-refractivity contribution in [3.63, 3.8) is 0 Å². The van der Waals surface area contributed by atoms with E-state index in [1.165, 1.54) is 14.0 Å². The first-order valence-electron chi connectivity index (χ1n) is 7.49. The van der Waals surface area contributed by atoms with Crippen molar-refractivity contribution >= 4 is 23.9 Å². The zero-order chi connectivity index (χ0) is 19.1. The zero-order valence-corrected chi connectivity index (χ0v) is 14.7. The molecule has 142 valence electrons. The van der Waals surface area contributed by atoms with E-state index in [4.69, 9.17) is 28.4 Å². The summed E-state index contributed by atoms with van der Waals surface area (Å²) < 4.78 is 31.1. The number of ether oxygens (including phenoxy) is 6. The van der Waals surface area contributed by atoms with E-state index in [0.717, 1.165) is 20.8 Å². The maximum absolute atomic E-state index is 11.5. The smallest absolute Gasteiger partial charge is 0.303 e. The minimum absolute atomic E-state index is 0.280. The molecule has 0 aromatic carbocycles. The summed E-state index contributed by atoms with van der Waals surface area (Å²) in [4.78, 5) is 45.4. The van der Waals surface area contributed by atoms with Crippen LogP contribution in [-0.4, -0.2) is 68.3 Å². The van der Waals surface area contributed by atoms with Gasteiger partial charge in [0.1, 0.15) is 12.7 Å². The van der Waals surface area contributed by atoms with Gasteiger partial charge in [-0.3, -0.25) is 19.2 Å². The molecule has 0 unspecified atom stereocenters. The summed E-state index contributed by atoms with van der Waals surface area (Å²) in [7, 11) is 1.29. The fraction of sp³-hybridized carbons (Fsp3) is 0.733. The number of methoxy groups -OCH3 is 1. The first-order valence-corrected chi connectivity index (χ1v) is 7.49. The van der Waals surface area contributed by atoms with Crippen LogP contribution < -0.4 is 0 Å². The Morgan fingerprint density at radius 3 is 1.68 bits per heavy atom. The predicted octanol–water partition coefficient (Wildman–Crippen LogP) is -0.284. The van der Waals surface area contributed by atoms with E-state index >= 15 is 0 Å². The van der Waals surface area contributed by atoms with E-state index < -0.39 is 54.6 Å². The van der Waals surface area contributed by atoms with Gasteiger partial charge in [0.15, 0.2) is 24.6 Å². The largest absolute Gasteiger partial charge is 0.463 e. The Balaban J connectivity index is 3.18. The Hall–Kier alpha value is -2.20. The van der Waals surface area contributed by atoms with E-state index in [2.05, 4.69) is 0 Å². The SMILES string of the molecule is CO[C@H]1O[C@@H](COC(C)=O)[C@H](OC(C)=O)[C@@H](OC(C)=O)[C@@H]1OC(C)=O. The van der Waals surface area contributed by atoms with Crippen molar-refractivity contribution in [2.24, 2.45) is 0 Å². The van der Waals surface area contributed by atoms with Crippen LogP contribution in [0, 0.1) is 0 Å². The van der Waals surface area contributed by atoms with Crippen LogP contribution in [-0.2, 0) is 47.6 Å². The van der Waals surface area contributed by atoms with Gasteiger partial charge in [-0.05, 0) is 0 Å². The number of hydrogen-bond donors (Lipinski definition) is 0. The average Bonchev–Trinajstić information content (AvgIpc) is 2.48. The summed E-state index contributed by atoms with van der Waals surface area (Å²) >= 11 is 0. The van der Waals surface area contributed by atoms with Gasteiger partial charge in [-0.2, -0.15) is 0 Å². The molecule has 1 heterocycles. The lowest BCUT2D eigenvalue weighted by Gasteiger charge is -2.43. The third-order valence-electron chi connectivity index (χ3n) is 3.18. The second kappa shape index (κ2) is 9.33. The van der Waals surface area contributed by atoms with Crippen LogP contribution in [0.3, 0.4) is 0 Å². The molecule has 1 aliphatic heterocycles. The molecule has 1 fully saturated rings. The van der Waals surface area contributed by atoms with Gasteiger partial charge in [0.25, 0.3) is 0 Å². The van der Waals surface area contributed by atoms with Crippen molar-refractivity contribution in [3.8, 4) is 0 Å². The van der Waals surface area contributed by atoms with Crippen LogP contribution >= 0.6 is 0 Å². The fourth-order valence-electron chi connectivity index (χ4n) is 2.38. The Labute approximate surface area is 144 Å². The number of carbonyl (C=O) groups is 4. The maximum atomic E-state index is 11.5. The van der Waals surface area contributed by atoms with Gasteiger partial charge in [-0.1, -0.05) is 0 Å². The maximum Gasteiger partial charge on any atom is 0.303 e. The summed E-state index contributed by atoms with van der Waals surface area (Å²) in [6.07, 6.45) is -5.67. The van der Waals surface area contributed by atoms with Crippen LogP contribution in [0.2, 0.25) is 0 Å². The number of esters is 4. The van der Waals surface area contributed by atoms with E-state index in [0.29, 0.717) is 0 Å². The summed E-state index contributed by atoms with van der Waals surface area (Å²) in [5.41, 5.74) is 0. The third kappa shape index (κ3) is 6.31. The van der Waals surface area contributed by atoms with E-state index in [1.807, 2.05) is 0 Å². The number of carbonyl (C=O) groups excluding carboxylic acids is 4. The molecule has 5 atom stereocenters. The molecule has 0 aromatic heterocycles. The van der Waals surface area contributed by atoms with Crippen molar-refractivity contribution in [1.82, 2.24) is 0 Å². The van der Waals surface area contributed by atoms with Crippen molar-refractivity contribution in [1.29, 1.82) is 0 Å². The Bertz CT molecular complexity index is 516. The first kappa shape index (κ1) is 20.8. The van der Waals surface area contributed by atoms with Crippen LogP contribution in [0.1, 0.15) is 27.7 Å². The number of hydrogen-bond acceptors (Lipinski definition) is 10. The molecular weight excluding hydrogens is 340 g/mol. The van der Waals surface area contributed by atoms with Crippen LogP contribution in [0.25, 0.3) is 0 Å². The van der Waals surface area contributed by atoms with Gasteiger partial charge in [0.05, 0.1) is 0 Å². The molecule has 10 heteroatoms. The molecule has 0 saturated carbocycles. The van der Waals surface area contributed by atoms with Crippen molar-refractivity contribution in [2.45, 2.75) is 58.4 Å². The molecular formula is C15H22O10.